The van der Waals surface area contributed by atoms with E-state index < -0.39 is 17.7 Å². The van der Waals surface area contributed by atoms with Crippen molar-refractivity contribution in [3.63, 3.8) is 0 Å². The molecule has 100 valence electrons. The molecule has 6 nitrogen and oxygen atoms in total. The van der Waals surface area contributed by atoms with Gasteiger partial charge in [0, 0.05) is 0 Å². The first-order valence-corrected chi connectivity index (χ1v) is 5.85. The maximum absolute atomic E-state index is 11.9. The summed E-state index contributed by atoms with van der Waals surface area (Å²) in [5.74, 6) is -2.28. The summed E-state index contributed by atoms with van der Waals surface area (Å²) < 4.78 is 5.10. The molecule has 0 atom stereocenters. The summed E-state index contributed by atoms with van der Waals surface area (Å²) in [5.41, 5.74) is 0.860. The van der Waals surface area contributed by atoms with Crippen molar-refractivity contribution in [2.24, 2.45) is 0 Å². The van der Waals surface area contributed by atoms with Crippen molar-refractivity contribution in [3.8, 4) is 0 Å². The third-order valence-corrected chi connectivity index (χ3v) is 3.07. The number of ketones is 1. The standard InChI is InChI=1S/C14H9NO5/c16-12-9-3-1-2-4-10(9)15(13(12)17)7-8-5-6-11(20-8)14(18)19/h1-6H,7H2,(H,18,19). The molecule has 2 heterocycles. The molecule has 1 amide bonds. The molecule has 0 radical (unpaired) electrons. The number of carbonyl (C=O) groups excluding carboxylic acids is 2. The molecule has 3 rings (SSSR count). The first-order valence-electron chi connectivity index (χ1n) is 5.85. The van der Waals surface area contributed by atoms with Crippen molar-refractivity contribution < 1.29 is 23.9 Å². The molecule has 1 aliphatic rings. The molecule has 0 spiro atoms. The van der Waals surface area contributed by atoms with Crippen LogP contribution in [0.2, 0.25) is 0 Å². The Morgan fingerprint density at radius 1 is 1.15 bits per heavy atom. The Morgan fingerprint density at radius 2 is 1.90 bits per heavy atom. The predicted octanol–water partition coefficient (Wildman–Crippen LogP) is 1.71. The number of carbonyl (C=O) groups is 3. The number of aromatic carboxylic acids is 1. The topological polar surface area (TPSA) is 87.8 Å². The molecule has 1 N–H and O–H groups in total. The monoisotopic (exact) mass is 271 g/mol. The minimum Gasteiger partial charge on any atom is -0.475 e. The van der Waals surface area contributed by atoms with Crippen molar-refractivity contribution in [2.75, 3.05) is 4.90 Å². The quantitative estimate of drug-likeness (QED) is 0.858. The molecule has 6 heteroatoms. The lowest BCUT2D eigenvalue weighted by Gasteiger charge is -2.14. The van der Waals surface area contributed by atoms with E-state index in [-0.39, 0.29) is 12.3 Å². The van der Waals surface area contributed by atoms with E-state index in [1.54, 1.807) is 24.3 Å². The summed E-state index contributed by atoms with van der Waals surface area (Å²) in [6.45, 7) is 0.0227. The number of para-hydroxylation sites is 1. The Morgan fingerprint density at radius 3 is 2.60 bits per heavy atom. The van der Waals surface area contributed by atoms with Crippen LogP contribution in [0, 0.1) is 0 Å². The van der Waals surface area contributed by atoms with Gasteiger partial charge in [-0.25, -0.2) is 4.79 Å². The molecule has 1 aliphatic heterocycles. The smallest absolute Gasteiger partial charge is 0.371 e. The molecule has 0 saturated carbocycles. The van der Waals surface area contributed by atoms with E-state index in [4.69, 9.17) is 9.52 Å². The molecule has 20 heavy (non-hydrogen) atoms. The van der Waals surface area contributed by atoms with Gasteiger partial charge in [-0.15, -0.1) is 0 Å². The minimum atomic E-state index is -1.18. The van der Waals surface area contributed by atoms with Crippen LogP contribution >= 0.6 is 0 Å². The van der Waals surface area contributed by atoms with Gasteiger partial charge in [-0.05, 0) is 24.3 Å². The van der Waals surface area contributed by atoms with Crippen LogP contribution in [0.1, 0.15) is 26.7 Å². The van der Waals surface area contributed by atoms with Gasteiger partial charge in [-0.3, -0.25) is 14.5 Å². The molecule has 0 aliphatic carbocycles. The second-order valence-corrected chi connectivity index (χ2v) is 4.31. The Labute approximate surface area is 113 Å². The fourth-order valence-electron chi connectivity index (χ4n) is 2.14. The van der Waals surface area contributed by atoms with Crippen LogP contribution < -0.4 is 4.90 Å². The highest BCUT2D eigenvalue weighted by molar-refractivity contribution is 6.52. The number of nitrogens with zero attached hydrogens (tertiary/aromatic N) is 1. The number of benzene rings is 1. The number of hydrogen-bond acceptors (Lipinski definition) is 4. The van der Waals surface area contributed by atoms with E-state index in [1.807, 2.05) is 0 Å². The Balaban J connectivity index is 1.92. The number of Topliss-reactive ketones (excluding diaryl/α,β-unsaturated/α-hetero) is 1. The third-order valence-electron chi connectivity index (χ3n) is 3.07. The normalized spacial score (nSPS) is 13.7. The van der Waals surface area contributed by atoms with Gasteiger partial charge in [-0.2, -0.15) is 0 Å². The van der Waals surface area contributed by atoms with Crippen LogP contribution in [-0.4, -0.2) is 22.8 Å². The summed E-state index contributed by atoms with van der Waals surface area (Å²) in [7, 11) is 0. The molecule has 0 fully saturated rings. The average Bonchev–Trinajstić information content (AvgIpc) is 3.00. The number of rotatable bonds is 3. The van der Waals surface area contributed by atoms with Gasteiger partial charge < -0.3 is 9.52 Å². The number of fused-ring (bicyclic) bond motifs is 1. The Hall–Kier alpha value is -2.89. The van der Waals surface area contributed by atoms with Crippen molar-refractivity contribution in [1.29, 1.82) is 0 Å². The Bertz CT molecular complexity index is 731. The number of carboxylic acids is 1. The van der Waals surface area contributed by atoms with Crippen LogP contribution in [0.25, 0.3) is 0 Å². The first kappa shape index (κ1) is 12.2. The highest BCUT2D eigenvalue weighted by atomic mass is 16.4. The number of hydrogen-bond donors (Lipinski definition) is 1. The molecule has 0 unspecified atom stereocenters. The Kier molecular flexibility index (Phi) is 2.64. The van der Waals surface area contributed by atoms with Crippen molar-refractivity contribution in [2.45, 2.75) is 6.54 Å². The fourth-order valence-corrected chi connectivity index (χ4v) is 2.14. The third kappa shape index (κ3) is 1.78. The fraction of sp³-hybridized carbons (Fsp3) is 0.0714. The van der Waals surface area contributed by atoms with E-state index >= 15 is 0 Å². The van der Waals surface area contributed by atoms with Gasteiger partial charge in [0.25, 0.3) is 11.7 Å². The molecule has 1 aromatic heterocycles. The molecule has 1 aromatic carbocycles. The van der Waals surface area contributed by atoms with Crippen molar-refractivity contribution in [3.05, 3.63) is 53.5 Å². The van der Waals surface area contributed by atoms with E-state index in [0.29, 0.717) is 17.0 Å². The summed E-state index contributed by atoms with van der Waals surface area (Å²) in [4.78, 5) is 35.7. The lowest BCUT2D eigenvalue weighted by Crippen LogP contribution is -2.28. The van der Waals surface area contributed by atoms with Crippen molar-refractivity contribution >= 4 is 23.3 Å². The highest BCUT2D eigenvalue weighted by Gasteiger charge is 2.35. The zero-order valence-electron chi connectivity index (χ0n) is 10.2. The first-order chi connectivity index (χ1) is 9.58. The zero-order valence-corrected chi connectivity index (χ0v) is 10.2. The lowest BCUT2D eigenvalue weighted by molar-refractivity contribution is -0.114. The molecular formula is C14H9NO5. The maximum Gasteiger partial charge on any atom is 0.371 e. The predicted molar refractivity (Wildman–Crippen MR) is 67.6 cm³/mol. The van der Waals surface area contributed by atoms with Crippen LogP contribution in [0.15, 0.2) is 40.8 Å². The summed E-state index contributed by atoms with van der Waals surface area (Å²) in [5, 5.41) is 8.78. The number of carboxylic acid groups (broad SMARTS) is 1. The van der Waals surface area contributed by atoms with Gasteiger partial charge in [0.05, 0.1) is 17.8 Å². The molecular weight excluding hydrogens is 262 g/mol. The number of furan rings is 1. The zero-order chi connectivity index (χ0) is 14.3. The summed E-state index contributed by atoms with van der Waals surface area (Å²) >= 11 is 0. The second kappa shape index (κ2) is 4.34. The lowest BCUT2D eigenvalue weighted by atomic mass is 10.1. The van der Waals surface area contributed by atoms with Crippen molar-refractivity contribution in [1.82, 2.24) is 0 Å². The summed E-state index contributed by atoms with van der Waals surface area (Å²) in [6.07, 6.45) is 0. The van der Waals surface area contributed by atoms with E-state index in [1.165, 1.54) is 17.0 Å². The van der Waals surface area contributed by atoms with Gasteiger partial charge in [0.15, 0.2) is 0 Å². The van der Waals surface area contributed by atoms with E-state index in [2.05, 4.69) is 0 Å². The SMILES string of the molecule is O=C(O)c1ccc(CN2C(=O)C(=O)c3ccccc32)o1. The number of amides is 1. The van der Waals surface area contributed by atoms with Gasteiger partial charge in [-0.1, -0.05) is 12.1 Å². The average molecular weight is 271 g/mol. The maximum atomic E-state index is 11.9. The van der Waals surface area contributed by atoms with Crippen LogP contribution in [0.5, 0.6) is 0 Å². The number of anilines is 1. The van der Waals surface area contributed by atoms with Gasteiger partial charge in [0.2, 0.25) is 5.76 Å². The van der Waals surface area contributed by atoms with E-state index in [9.17, 15) is 14.4 Å². The van der Waals surface area contributed by atoms with Gasteiger partial charge in [0.1, 0.15) is 5.76 Å². The minimum absolute atomic E-state index is 0.0227. The van der Waals surface area contributed by atoms with Crippen LogP contribution in [-0.2, 0) is 11.3 Å². The van der Waals surface area contributed by atoms with Crippen LogP contribution in [0.3, 0.4) is 0 Å². The molecule has 0 saturated heterocycles. The largest absolute Gasteiger partial charge is 0.475 e. The molecule has 0 bridgehead atoms. The summed E-state index contributed by atoms with van der Waals surface area (Å²) in [6, 6.07) is 9.44. The van der Waals surface area contributed by atoms with Crippen LogP contribution in [0.4, 0.5) is 5.69 Å². The second-order valence-electron chi connectivity index (χ2n) is 4.31. The highest BCUT2D eigenvalue weighted by Crippen LogP contribution is 2.30. The molecule has 2 aromatic rings. The van der Waals surface area contributed by atoms with E-state index in [0.717, 1.165) is 0 Å². The van der Waals surface area contributed by atoms with Gasteiger partial charge >= 0.3 is 5.97 Å².